The molecule has 0 atom stereocenters. The summed E-state index contributed by atoms with van der Waals surface area (Å²) in [5.74, 6) is 0.0856. The average molecular weight is 345 g/mol. The van der Waals surface area contributed by atoms with E-state index in [1.54, 1.807) is 31.3 Å². The fourth-order valence-corrected chi connectivity index (χ4v) is 2.68. The van der Waals surface area contributed by atoms with Crippen LogP contribution < -0.4 is 5.63 Å². The number of rotatable bonds is 3. The van der Waals surface area contributed by atoms with Crippen LogP contribution in [0.4, 0.5) is 0 Å². The minimum absolute atomic E-state index is 0.0856. The number of phenolic OH excluding ortho intramolecular Hbond substituents is 1. The number of fused-ring (bicyclic) bond motifs is 1. The van der Waals surface area contributed by atoms with Crippen molar-refractivity contribution >= 4 is 23.1 Å². The second-order valence-electron chi connectivity index (χ2n) is 5.88. The highest BCUT2D eigenvalue weighted by Crippen LogP contribution is 2.26. The van der Waals surface area contributed by atoms with Crippen LogP contribution >= 0.6 is 0 Å². The van der Waals surface area contributed by atoms with E-state index in [9.17, 15) is 9.90 Å². The Balaban J connectivity index is 1.71. The molecule has 6 nitrogen and oxygen atoms in total. The summed E-state index contributed by atoms with van der Waals surface area (Å²) < 4.78 is 6.76. The number of benzene rings is 2. The number of hydrogen-bond acceptors (Lipinski definition) is 5. The lowest BCUT2D eigenvalue weighted by molar-refractivity contribution is 0.468. The molecule has 2 heterocycles. The molecule has 0 aliphatic rings. The number of phenols is 1. The minimum atomic E-state index is -0.547. The first-order chi connectivity index (χ1) is 12.6. The van der Waals surface area contributed by atoms with E-state index in [2.05, 4.69) is 10.3 Å². The molecule has 1 N–H and O–H groups in total. The number of nitrogens with zero attached hydrogens (tertiary/aromatic N) is 3. The normalized spacial score (nSPS) is 11.4. The van der Waals surface area contributed by atoms with Crippen LogP contribution in [0.2, 0.25) is 0 Å². The van der Waals surface area contributed by atoms with E-state index in [0.29, 0.717) is 22.2 Å². The molecule has 0 aliphatic heterocycles. The Morgan fingerprint density at radius 2 is 1.92 bits per heavy atom. The lowest BCUT2D eigenvalue weighted by Gasteiger charge is -2.05. The minimum Gasteiger partial charge on any atom is -0.508 e. The van der Waals surface area contributed by atoms with Gasteiger partial charge in [-0.3, -0.25) is 0 Å². The molecule has 128 valence electrons. The van der Waals surface area contributed by atoms with Crippen LogP contribution in [-0.4, -0.2) is 20.1 Å². The monoisotopic (exact) mass is 345 g/mol. The molecule has 0 spiro atoms. The first-order valence-corrected chi connectivity index (χ1v) is 8.04. The van der Waals surface area contributed by atoms with Gasteiger partial charge in [-0.1, -0.05) is 41.6 Å². The fourth-order valence-electron chi connectivity index (χ4n) is 2.68. The van der Waals surface area contributed by atoms with Gasteiger partial charge in [0.05, 0.1) is 6.20 Å². The molecule has 0 saturated heterocycles. The Bertz CT molecular complexity index is 1170. The van der Waals surface area contributed by atoms with E-state index in [-0.39, 0.29) is 11.4 Å². The van der Waals surface area contributed by atoms with Crippen LogP contribution in [0.5, 0.6) is 5.75 Å². The summed E-state index contributed by atoms with van der Waals surface area (Å²) in [6, 6.07) is 14.8. The largest absolute Gasteiger partial charge is 0.508 e. The number of aromatic nitrogens is 3. The molecule has 6 heteroatoms. The summed E-state index contributed by atoms with van der Waals surface area (Å²) in [4.78, 5) is 12.3. The highest BCUT2D eigenvalue weighted by atomic mass is 16.4. The van der Waals surface area contributed by atoms with Crippen molar-refractivity contribution in [3.05, 3.63) is 82.0 Å². The van der Waals surface area contributed by atoms with Crippen molar-refractivity contribution in [3.8, 4) is 11.4 Å². The molecular weight excluding hydrogens is 330 g/mol. The van der Waals surface area contributed by atoms with Gasteiger partial charge in [0.2, 0.25) is 0 Å². The summed E-state index contributed by atoms with van der Waals surface area (Å²) in [6.07, 6.45) is 5.40. The number of hydrogen-bond donors (Lipinski definition) is 1. The quantitative estimate of drug-likeness (QED) is 0.574. The molecule has 2 aromatic carbocycles. The van der Waals surface area contributed by atoms with Gasteiger partial charge < -0.3 is 9.52 Å². The van der Waals surface area contributed by atoms with Crippen molar-refractivity contribution < 1.29 is 9.52 Å². The van der Waals surface area contributed by atoms with Crippen molar-refractivity contribution in [2.75, 3.05) is 0 Å². The summed E-state index contributed by atoms with van der Waals surface area (Å²) in [5, 5.41) is 18.5. The zero-order valence-corrected chi connectivity index (χ0v) is 14.0. The van der Waals surface area contributed by atoms with E-state index >= 15 is 0 Å². The van der Waals surface area contributed by atoms with Crippen LogP contribution in [-0.2, 0) is 0 Å². The molecule has 26 heavy (non-hydrogen) atoms. The second kappa shape index (κ2) is 6.33. The van der Waals surface area contributed by atoms with Crippen LogP contribution in [0.25, 0.3) is 28.8 Å². The second-order valence-corrected chi connectivity index (χ2v) is 5.88. The number of aryl methyl sites for hydroxylation is 1. The van der Waals surface area contributed by atoms with Gasteiger partial charge in [-0.05, 0) is 36.8 Å². The first-order valence-electron chi connectivity index (χ1n) is 8.04. The predicted molar refractivity (Wildman–Crippen MR) is 99.2 cm³/mol. The van der Waals surface area contributed by atoms with Gasteiger partial charge in [0, 0.05) is 10.9 Å². The van der Waals surface area contributed by atoms with Crippen molar-refractivity contribution in [2.45, 2.75) is 6.92 Å². The highest BCUT2D eigenvalue weighted by molar-refractivity contribution is 5.83. The van der Waals surface area contributed by atoms with Crippen molar-refractivity contribution in [1.29, 1.82) is 0 Å². The Morgan fingerprint density at radius 3 is 2.73 bits per heavy atom. The topological polar surface area (TPSA) is 81.1 Å². The Morgan fingerprint density at radius 1 is 1.12 bits per heavy atom. The fraction of sp³-hybridized carbons (Fsp3) is 0.0500. The van der Waals surface area contributed by atoms with Crippen molar-refractivity contribution in [2.24, 2.45) is 0 Å². The summed E-state index contributed by atoms with van der Waals surface area (Å²) >= 11 is 0. The average Bonchev–Trinajstić information content (AvgIpc) is 3.13. The Hall–Kier alpha value is -3.67. The first kappa shape index (κ1) is 15.8. The third-order valence-electron chi connectivity index (χ3n) is 4.11. The summed E-state index contributed by atoms with van der Waals surface area (Å²) in [6.45, 7) is 1.70. The predicted octanol–water partition coefficient (Wildman–Crippen LogP) is 3.56. The van der Waals surface area contributed by atoms with Crippen LogP contribution in [0.1, 0.15) is 16.8 Å². The molecule has 0 radical (unpaired) electrons. The zero-order chi connectivity index (χ0) is 18.1. The van der Waals surface area contributed by atoms with Crippen molar-refractivity contribution in [3.63, 3.8) is 0 Å². The molecule has 0 aliphatic carbocycles. The van der Waals surface area contributed by atoms with Gasteiger partial charge in [-0.15, -0.1) is 5.10 Å². The van der Waals surface area contributed by atoms with Gasteiger partial charge in [0.1, 0.15) is 17.0 Å². The van der Waals surface area contributed by atoms with Crippen LogP contribution in [0.15, 0.2) is 63.9 Å². The summed E-state index contributed by atoms with van der Waals surface area (Å²) in [5.41, 5.74) is 2.27. The van der Waals surface area contributed by atoms with Gasteiger partial charge in [0.25, 0.3) is 0 Å². The third kappa shape index (κ3) is 2.88. The van der Waals surface area contributed by atoms with Crippen LogP contribution in [0.3, 0.4) is 0 Å². The molecule has 0 amide bonds. The van der Waals surface area contributed by atoms with E-state index in [0.717, 1.165) is 5.56 Å². The van der Waals surface area contributed by atoms with Gasteiger partial charge in [-0.25, -0.2) is 9.48 Å². The van der Waals surface area contributed by atoms with E-state index in [1.165, 1.54) is 4.68 Å². The van der Waals surface area contributed by atoms with Crippen LogP contribution in [0, 0.1) is 6.92 Å². The van der Waals surface area contributed by atoms with Gasteiger partial charge in [-0.2, -0.15) is 0 Å². The maximum Gasteiger partial charge on any atom is 0.362 e. The zero-order valence-electron chi connectivity index (χ0n) is 14.0. The third-order valence-corrected chi connectivity index (χ3v) is 4.11. The standard InChI is InChI=1S/C20H15N3O3/c1-13-18(24)10-8-15-11-17(20(25)26-19(13)15)23-12-16(21-22-23)9-7-14-5-3-2-4-6-14/h2-12,24H,1H3/b9-7+. The highest BCUT2D eigenvalue weighted by Gasteiger charge is 2.12. The molecule has 4 aromatic rings. The Kier molecular flexibility index (Phi) is 3.85. The molecule has 4 rings (SSSR count). The van der Waals surface area contributed by atoms with Gasteiger partial charge in [0.15, 0.2) is 5.69 Å². The molecule has 0 fully saturated rings. The smallest absolute Gasteiger partial charge is 0.362 e. The Labute approximate surface area is 148 Å². The molecule has 0 unspecified atom stereocenters. The van der Waals surface area contributed by atoms with E-state index < -0.39 is 5.63 Å². The maximum absolute atomic E-state index is 12.3. The number of aromatic hydroxyl groups is 1. The SMILES string of the molecule is Cc1c(O)ccc2cc(-n3cc(/C=C/c4ccccc4)nn3)c(=O)oc12. The molecular formula is C20H15N3O3. The lowest BCUT2D eigenvalue weighted by Crippen LogP contribution is -2.11. The van der Waals surface area contributed by atoms with Gasteiger partial charge >= 0.3 is 5.63 Å². The lowest BCUT2D eigenvalue weighted by atomic mass is 10.1. The van der Waals surface area contributed by atoms with E-state index in [4.69, 9.17) is 4.42 Å². The molecule has 0 saturated carbocycles. The summed E-state index contributed by atoms with van der Waals surface area (Å²) in [7, 11) is 0. The van der Waals surface area contributed by atoms with Crippen molar-refractivity contribution in [1.82, 2.24) is 15.0 Å². The molecule has 2 aromatic heterocycles. The maximum atomic E-state index is 12.3. The molecule has 0 bridgehead atoms. The van der Waals surface area contributed by atoms with E-state index in [1.807, 2.05) is 42.5 Å².